The summed E-state index contributed by atoms with van der Waals surface area (Å²) in [7, 11) is 0. The number of fused-ring (bicyclic) bond motifs is 1. The zero-order valence-electron chi connectivity index (χ0n) is 13.6. The van der Waals surface area contributed by atoms with Crippen LogP contribution in [0.4, 0.5) is 17.1 Å². The van der Waals surface area contributed by atoms with Gasteiger partial charge in [0.15, 0.2) is 0 Å². The van der Waals surface area contributed by atoms with E-state index in [1.807, 2.05) is 42.5 Å². The number of hydrogen-bond acceptors (Lipinski definition) is 3. The molecule has 5 nitrogen and oxygen atoms in total. The summed E-state index contributed by atoms with van der Waals surface area (Å²) in [5, 5.41) is 6.07. The molecule has 4 rings (SSSR count). The van der Waals surface area contributed by atoms with Gasteiger partial charge in [-0.15, -0.1) is 0 Å². The van der Waals surface area contributed by atoms with Crippen molar-refractivity contribution in [2.24, 2.45) is 0 Å². The Hall–Kier alpha value is -2.99. The number of nitroso groups, excluding NO2 is 1. The molecule has 0 saturated carbocycles. The van der Waals surface area contributed by atoms with E-state index in [1.54, 1.807) is 30.3 Å². The van der Waals surface area contributed by atoms with Crippen LogP contribution in [0.1, 0.15) is 22.1 Å². The average Bonchev–Trinajstić information content (AvgIpc) is 2.99. The van der Waals surface area contributed by atoms with E-state index in [2.05, 4.69) is 26.6 Å². The standard InChI is InChI=1S/C20H14BrN3O2/c21-15-5-3-4-14(12-15)20(25)22-16-10-8-13(9-11-16)19-23-17-6-1-2-7-18(17)24(19)26/h1-12,19H,(H-,22,23,25,26)/p+1. The highest BCUT2D eigenvalue weighted by atomic mass is 79.9. The molecule has 0 bridgehead atoms. The van der Waals surface area contributed by atoms with Crippen LogP contribution in [0.15, 0.2) is 77.3 Å². The maximum atomic E-state index is 12.5. The fraction of sp³-hybridized carbons (Fsp3) is 0.0500. The number of benzene rings is 3. The fourth-order valence-electron chi connectivity index (χ4n) is 2.93. The monoisotopic (exact) mass is 408 g/mol. The molecule has 6 heteroatoms. The maximum absolute atomic E-state index is 12.5. The van der Waals surface area contributed by atoms with Gasteiger partial charge < -0.3 is 10.6 Å². The molecule has 0 fully saturated rings. The van der Waals surface area contributed by atoms with E-state index in [9.17, 15) is 9.70 Å². The van der Waals surface area contributed by atoms with E-state index in [-0.39, 0.29) is 5.91 Å². The van der Waals surface area contributed by atoms with Crippen molar-refractivity contribution in [3.05, 3.63) is 93.3 Å². The van der Waals surface area contributed by atoms with Crippen molar-refractivity contribution >= 4 is 38.9 Å². The lowest BCUT2D eigenvalue weighted by molar-refractivity contribution is -0.495. The van der Waals surface area contributed by atoms with Gasteiger partial charge in [0.05, 0.1) is 4.76 Å². The topological polar surface area (TPSA) is 61.2 Å². The van der Waals surface area contributed by atoms with E-state index >= 15 is 0 Å². The van der Waals surface area contributed by atoms with Crippen molar-refractivity contribution in [2.75, 3.05) is 10.6 Å². The third-order valence-electron chi connectivity index (χ3n) is 4.24. The second-order valence-electron chi connectivity index (χ2n) is 5.98. The number of halogens is 1. The molecule has 128 valence electrons. The largest absolute Gasteiger partial charge is 0.322 e. The van der Waals surface area contributed by atoms with Crippen LogP contribution in [-0.4, -0.2) is 10.7 Å². The van der Waals surface area contributed by atoms with Gasteiger partial charge in [-0.3, -0.25) is 4.79 Å². The number of hydrogen-bond donors (Lipinski definition) is 2. The molecule has 0 spiro atoms. The molecule has 1 heterocycles. The Bertz CT molecular complexity index is 1000. The van der Waals surface area contributed by atoms with Gasteiger partial charge in [0.2, 0.25) is 0 Å². The lowest BCUT2D eigenvalue weighted by Crippen LogP contribution is -2.14. The zero-order valence-corrected chi connectivity index (χ0v) is 15.2. The van der Waals surface area contributed by atoms with Gasteiger partial charge in [-0.1, -0.05) is 34.1 Å². The van der Waals surface area contributed by atoms with Crippen molar-refractivity contribution in [3.63, 3.8) is 0 Å². The van der Waals surface area contributed by atoms with Crippen molar-refractivity contribution in [1.82, 2.24) is 0 Å². The minimum atomic E-state index is -0.470. The highest BCUT2D eigenvalue weighted by Crippen LogP contribution is 2.38. The molecule has 1 unspecified atom stereocenters. The SMILES string of the molecule is O=C(Nc1ccc(C2Nc3ccccc3[N+]2=O)cc1)c1cccc(Br)c1. The third kappa shape index (κ3) is 3.11. The van der Waals surface area contributed by atoms with E-state index in [0.717, 1.165) is 20.5 Å². The lowest BCUT2D eigenvalue weighted by atomic mass is 10.1. The predicted molar refractivity (Wildman–Crippen MR) is 105 cm³/mol. The van der Waals surface area contributed by atoms with Crippen LogP contribution in [-0.2, 0) is 0 Å². The minimum absolute atomic E-state index is 0.184. The summed E-state index contributed by atoms with van der Waals surface area (Å²) < 4.78 is 1.81. The van der Waals surface area contributed by atoms with Gasteiger partial charge in [0, 0.05) is 32.3 Å². The molecule has 1 aliphatic heterocycles. The molecule has 0 aliphatic carbocycles. The molecule has 1 aliphatic rings. The summed E-state index contributed by atoms with van der Waals surface area (Å²) in [4.78, 5) is 24.8. The summed E-state index contributed by atoms with van der Waals surface area (Å²) in [6.45, 7) is 0. The Labute approximate surface area is 158 Å². The summed E-state index contributed by atoms with van der Waals surface area (Å²) in [5.74, 6) is -0.184. The minimum Gasteiger partial charge on any atom is -0.322 e. The fourth-order valence-corrected chi connectivity index (χ4v) is 3.33. The van der Waals surface area contributed by atoms with Crippen LogP contribution in [0.5, 0.6) is 0 Å². The maximum Gasteiger partial charge on any atom is 0.307 e. The predicted octanol–water partition coefficient (Wildman–Crippen LogP) is 5.24. The Kier molecular flexibility index (Phi) is 4.26. The van der Waals surface area contributed by atoms with Crippen LogP contribution < -0.4 is 10.6 Å². The number of carbonyl (C=O) groups excluding carboxylic acids is 1. The molecule has 2 N–H and O–H groups in total. The molecule has 0 aromatic heterocycles. The number of rotatable bonds is 3. The lowest BCUT2D eigenvalue weighted by Gasteiger charge is -2.08. The van der Waals surface area contributed by atoms with Crippen LogP contribution >= 0.6 is 15.9 Å². The Morgan fingerprint density at radius 2 is 1.77 bits per heavy atom. The molecule has 0 saturated heterocycles. The van der Waals surface area contributed by atoms with Gasteiger partial charge in [0.1, 0.15) is 5.69 Å². The second kappa shape index (κ2) is 6.72. The van der Waals surface area contributed by atoms with Crippen molar-refractivity contribution < 1.29 is 9.55 Å². The summed E-state index contributed by atoms with van der Waals surface area (Å²) in [5.41, 5.74) is 3.52. The third-order valence-corrected chi connectivity index (χ3v) is 4.73. The molecule has 26 heavy (non-hydrogen) atoms. The van der Waals surface area contributed by atoms with Gasteiger partial charge in [-0.2, -0.15) is 0 Å². The first-order valence-corrected chi connectivity index (χ1v) is 8.90. The van der Waals surface area contributed by atoms with E-state index < -0.39 is 6.17 Å². The quantitative estimate of drug-likeness (QED) is 0.582. The Balaban J connectivity index is 1.49. The van der Waals surface area contributed by atoms with E-state index in [4.69, 9.17) is 0 Å². The van der Waals surface area contributed by atoms with Crippen LogP contribution in [0.25, 0.3) is 0 Å². The number of anilines is 2. The molecule has 3 aromatic rings. The molecule has 3 aromatic carbocycles. The number of nitrogens with one attached hydrogen (secondary N) is 2. The second-order valence-corrected chi connectivity index (χ2v) is 6.89. The molecule has 0 radical (unpaired) electrons. The highest BCUT2D eigenvalue weighted by Gasteiger charge is 2.38. The summed E-state index contributed by atoms with van der Waals surface area (Å²) >= 11 is 3.36. The number of nitrogens with zero attached hydrogens (tertiary/aromatic N) is 1. The first-order valence-electron chi connectivity index (χ1n) is 8.10. The number of para-hydroxylation sites is 2. The first kappa shape index (κ1) is 16.5. The number of amides is 1. The molecular formula is C20H15BrN3O2+. The number of carbonyl (C=O) groups is 1. The van der Waals surface area contributed by atoms with Gasteiger partial charge in [-0.05, 0) is 48.5 Å². The Morgan fingerprint density at radius 3 is 2.50 bits per heavy atom. The summed E-state index contributed by atoms with van der Waals surface area (Å²) in [6.07, 6.45) is -0.470. The van der Waals surface area contributed by atoms with Crippen LogP contribution in [0.2, 0.25) is 0 Å². The zero-order chi connectivity index (χ0) is 18.1. The molecule has 1 atom stereocenters. The van der Waals surface area contributed by atoms with Crippen molar-refractivity contribution in [3.8, 4) is 0 Å². The smallest absolute Gasteiger partial charge is 0.307 e. The average molecular weight is 409 g/mol. The van der Waals surface area contributed by atoms with Crippen LogP contribution in [0, 0.1) is 4.91 Å². The highest BCUT2D eigenvalue weighted by molar-refractivity contribution is 9.10. The van der Waals surface area contributed by atoms with E-state index in [0.29, 0.717) is 16.9 Å². The van der Waals surface area contributed by atoms with Gasteiger partial charge >= 0.3 is 6.17 Å². The normalized spacial score (nSPS) is 15.3. The van der Waals surface area contributed by atoms with E-state index in [1.165, 1.54) is 0 Å². The Morgan fingerprint density at radius 1 is 1.00 bits per heavy atom. The van der Waals surface area contributed by atoms with Crippen LogP contribution in [0.3, 0.4) is 0 Å². The summed E-state index contributed by atoms with van der Waals surface area (Å²) in [6, 6.07) is 21.9. The molecule has 1 amide bonds. The van der Waals surface area contributed by atoms with Gasteiger partial charge in [0.25, 0.3) is 11.6 Å². The molecular weight excluding hydrogens is 394 g/mol. The van der Waals surface area contributed by atoms with Crippen molar-refractivity contribution in [2.45, 2.75) is 6.17 Å². The van der Waals surface area contributed by atoms with Gasteiger partial charge in [-0.25, -0.2) is 0 Å². The van der Waals surface area contributed by atoms with Crippen molar-refractivity contribution in [1.29, 1.82) is 0 Å². The first-order chi connectivity index (χ1) is 12.6.